The molecule has 1 aromatic carbocycles. The third kappa shape index (κ3) is 4.57. The van der Waals surface area contributed by atoms with Crippen molar-refractivity contribution in [3.05, 3.63) is 33.8 Å². The van der Waals surface area contributed by atoms with Crippen molar-refractivity contribution in [2.45, 2.75) is 6.42 Å². The molecule has 0 fully saturated rings. The molecule has 1 aromatic rings. The van der Waals surface area contributed by atoms with Gasteiger partial charge < -0.3 is 5.32 Å². The van der Waals surface area contributed by atoms with E-state index < -0.39 is 0 Å². The molecule has 82 valence electrons. The van der Waals surface area contributed by atoms with E-state index in [1.54, 1.807) is 18.2 Å². The Morgan fingerprint density at radius 1 is 1.33 bits per heavy atom. The molecule has 0 spiro atoms. The number of carbonyl (C=O) groups is 1. The number of carbonyl (C=O) groups excluding carboxylic acids is 1. The summed E-state index contributed by atoms with van der Waals surface area (Å²) in [6.45, 7) is 0.695. The predicted molar refractivity (Wildman–Crippen MR) is 72.1 cm³/mol. The van der Waals surface area contributed by atoms with Crippen molar-refractivity contribution < 1.29 is 4.79 Å². The van der Waals surface area contributed by atoms with E-state index >= 15 is 0 Å². The molecule has 0 aliphatic rings. The molecule has 15 heavy (non-hydrogen) atoms. The number of alkyl halides is 1. The van der Waals surface area contributed by atoms with E-state index in [-0.39, 0.29) is 5.91 Å². The molecule has 0 saturated carbocycles. The number of hydrogen-bond donors (Lipinski definition) is 1. The highest BCUT2D eigenvalue weighted by Crippen LogP contribution is 2.22. The summed E-state index contributed by atoms with van der Waals surface area (Å²) < 4.78 is 0.908. The van der Waals surface area contributed by atoms with Gasteiger partial charge >= 0.3 is 0 Å². The van der Waals surface area contributed by atoms with Gasteiger partial charge in [0.05, 0.1) is 16.5 Å². The third-order valence-corrected chi connectivity index (χ3v) is 3.04. The fraction of sp³-hybridized carbons (Fsp3) is 0.300. The zero-order chi connectivity index (χ0) is 11.3. The first-order valence-corrected chi connectivity index (χ1v) is 6.68. The minimum absolute atomic E-state index is 0.00468. The first-order chi connectivity index (χ1) is 7.13. The number of halogens is 3. The first-order valence-electron chi connectivity index (χ1n) is 4.40. The topological polar surface area (TPSA) is 29.1 Å². The van der Waals surface area contributed by atoms with Gasteiger partial charge in [-0.3, -0.25) is 4.79 Å². The summed E-state index contributed by atoms with van der Waals surface area (Å²) in [5.41, 5.74) is 0.871. The number of benzene rings is 1. The van der Waals surface area contributed by atoms with Crippen LogP contribution in [-0.2, 0) is 11.2 Å². The minimum atomic E-state index is 0.00468. The molecule has 0 unspecified atom stereocenters. The quantitative estimate of drug-likeness (QED) is 0.651. The fourth-order valence-electron chi connectivity index (χ4n) is 1.08. The van der Waals surface area contributed by atoms with Gasteiger partial charge in [-0.2, -0.15) is 0 Å². The second-order valence-electron chi connectivity index (χ2n) is 2.96. The molecule has 1 rings (SSSR count). The molecule has 1 amide bonds. The van der Waals surface area contributed by atoms with Crippen LogP contribution in [-0.4, -0.2) is 16.9 Å². The van der Waals surface area contributed by atoms with Crippen molar-refractivity contribution >= 4 is 51.7 Å². The Morgan fingerprint density at radius 3 is 2.67 bits per heavy atom. The Hall–Kier alpha value is 0. The largest absolute Gasteiger partial charge is 0.355 e. The zero-order valence-electron chi connectivity index (χ0n) is 7.90. The SMILES string of the molecule is O=C(Cc1ccc(Cl)c(Cl)c1)NCCI. The summed E-state index contributed by atoms with van der Waals surface area (Å²) in [5.74, 6) is 0.00468. The maximum absolute atomic E-state index is 11.4. The van der Waals surface area contributed by atoms with Gasteiger partial charge in [-0.25, -0.2) is 0 Å². The lowest BCUT2D eigenvalue weighted by Crippen LogP contribution is -2.26. The van der Waals surface area contributed by atoms with E-state index in [2.05, 4.69) is 27.9 Å². The Kier molecular flexibility index (Phi) is 5.71. The van der Waals surface area contributed by atoms with Crippen LogP contribution >= 0.6 is 45.8 Å². The van der Waals surface area contributed by atoms with Gasteiger partial charge in [0.15, 0.2) is 0 Å². The number of nitrogens with one attached hydrogen (secondary N) is 1. The molecule has 2 nitrogen and oxygen atoms in total. The van der Waals surface area contributed by atoms with E-state index in [1.165, 1.54) is 0 Å². The number of amides is 1. The van der Waals surface area contributed by atoms with Gasteiger partial charge in [-0.15, -0.1) is 0 Å². The smallest absolute Gasteiger partial charge is 0.224 e. The van der Waals surface area contributed by atoms with Gasteiger partial charge in [0.2, 0.25) is 5.91 Å². The normalized spacial score (nSPS) is 10.1. The summed E-state index contributed by atoms with van der Waals surface area (Å²) in [5, 5.41) is 3.78. The molecule has 0 atom stereocenters. The van der Waals surface area contributed by atoms with Crippen LogP contribution in [0.15, 0.2) is 18.2 Å². The molecule has 0 heterocycles. The molecule has 0 saturated heterocycles. The summed E-state index contributed by atoms with van der Waals surface area (Å²) in [6, 6.07) is 5.22. The van der Waals surface area contributed by atoms with Gasteiger partial charge in [-0.1, -0.05) is 51.9 Å². The first kappa shape index (κ1) is 13.1. The van der Waals surface area contributed by atoms with Crippen LogP contribution in [0.1, 0.15) is 5.56 Å². The lowest BCUT2D eigenvalue weighted by atomic mass is 10.1. The Morgan fingerprint density at radius 2 is 2.07 bits per heavy atom. The highest BCUT2D eigenvalue weighted by Gasteiger charge is 2.04. The standard InChI is InChI=1S/C10H10Cl2INO/c11-8-2-1-7(5-9(8)12)6-10(15)14-4-3-13/h1-2,5H,3-4,6H2,(H,14,15). The van der Waals surface area contributed by atoms with Crippen molar-refractivity contribution in [2.24, 2.45) is 0 Å². The second-order valence-corrected chi connectivity index (χ2v) is 4.86. The maximum atomic E-state index is 11.4. The Bertz CT molecular complexity index is 357. The number of rotatable bonds is 4. The van der Waals surface area contributed by atoms with E-state index in [0.29, 0.717) is 23.0 Å². The lowest BCUT2D eigenvalue weighted by molar-refractivity contribution is -0.120. The molecule has 0 aliphatic heterocycles. The molecule has 0 aliphatic carbocycles. The average Bonchev–Trinajstić information content (AvgIpc) is 2.20. The van der Waals surface area contributed by atoms with Crippen LogP contribution in [0, 0.1) is 0 Å². The summed E-state index contributed by atoms with van der Waals surface area (Å²) >= 11 is 13.8. The van der Waals surface area contributed by atoms with Crippen molar-refractivity contribution in [3.8, 4) is 0 Å². The van der Waals surface area contributed by atoms with Crippen molar-refractivity contribution in [1.29, 1.82) is 0 Å². The predicted octanol–water partition coefficient (Wildman–Crippen LogP) is 3.09. The highest BCUT2D eigenvalue weighted by atomic mass is 127. The molecule has 0 radical (unpaired) electrons. The lowest BCUT2D eigenvalue weighted by Gasteiger charge is -2.04. The van der Waals surface area contributed by atoms with Gasteiger partial charge in [0, 0.05) is 11.0 Å². The van der Waals surface area contributed by atoms with E-state index in [4.69, 9.17) is 23.2 Å². The van der Waals surface area contributed by atoms with Crippen LogP contribution in [0.4, 0.5) is 0 Å². The van der Waals surface area contributed by atoms with Crippen molar-refractivity contribution in [1.82, 2.24) is 5.32 Å². The summed E-state index contributed by atoms with van der Waals surface area (Å²) in [4.78, 5) is 11.4. The molecule has 5 heteroatoms. The van der Waals surface area contributed by atoms with E-state index in [0.717, 1.165) is 9.99 Å². The molecular weight excluding hydrogens is 348 g/mol. The third-order valence-electron chi connectivity index (χ3n) is 1.77. The maximum Gasteiger partial charge on any atom is 0.224 e. The van der Waals surface area contributed by atoms with Gasteiger partial charge in [0.1, 0.15) is 0 Å². The number of hydrogen-bond acceptors (Lipinski definition) is 1. The molecule has 0 bridgehead atoms. The average molecular weight is 358 g/mol. The summed E-state index contributed by atoms with van der Waals surface area (Å²) in [7, 11) is 0. The van der Waals surface area contributed by atoms with E-state index in [9.17, 15) is 4.79 Å². The van der Waals surface area contributed by atoms with Crippen LogP contribution in [0.2, 0.25) is 10.0 Å². The molecule has 1 N–H and O–H groups in total. The van der Waals surface area contributed by atoms with E-state index in [1.807, 2.05) is 0 Å². The molecular formula is C10H10Cl2INO. The van der Waals surface area contributed by atoms with Crippen molar-refractivity contribution in [3.63, 3.8) is 0 Å². The molecule has 0 aromatic heterocycles. The Labute approximate surface area is 112 Å². The highest BCUT2D eigenvalue weighted by molar-refractivity contribution is 14.1. The zero-order valence-corrected chi connectivity index (χ0v) is 11.6. The minimum Gasteiger partial charge on any atom is -0.355 e. The second kappa shape index (κ2) is 6.55. The van der Waals surface area contributed by atoms with Crippen LogP contribution in [0.5, 0.6) is 0 Å². The Balaban J connectivity index is 2.57. The van der Waals surface area contributed by atoms with Crippen molar-refractivity contribution in [2.75, 3.05) is 11.0 Å². The summed E-state index contributed by atoms with van der Waals surface area (Å²) in [6.07, 6.45) is 0.341. The fourth-order valence-corrected chi connectivity index (χ4v) is 1.67. The van der Waals surface area contributed by atoms with Crippen LogP contribution in [0.25, 0.3) is 0 Å². The monoisotopic (exact) mass is 357 g/mol. The van der Waals surface area contributed by atoms with Gasteiger partial charge in [0.25, 0.3) is 0 Å². The van der Waals surface area contributed by atoms with Crippen LogP contribution in [0.3, 0.4) is 0 Å². The van der Waals surface area contributed by atoms with Gasteiger partial charge in [-0.05, 0) is 17.7 Å². The van der Waals surface area contributed by atoms with Crippen LogP contribution < -0.4 is 5.32 Å².